The second-order valence-electron chi connectivity index (χ2n) is 6.51. The molecule has 0 bridgehead atoms. The molecule has 0 aliphatic carbocycles. The maximum Gasteiger partial charge on any atom is 0.0160 e. The van der Waals surface area contributed by atoms with Crippen molar-refractivity contribution in [2.24, 2.45) is 0 Å². The highest BCUT2D eigenvalue weighted by Crippen LogP contribution is 2.44. The van der Waals surface area contributed by atoms with Crippen molar-refractivity contribution < 1.29 is 0 Å². The Morgan fingerprint density at radius 2 is 1.24 bits per heavy atom. The van der Waals surface area contributed by atoms with Crippen LogP contribution in [0.5, 0.6) is 0 Å². The maximum absolute atomic E-state index is 4.84. The van der Waals surface area contributed by atoms with Gasteiger partial charge in [0, 0.05) is 26.2 Å². The molecule has 0 aromatic heterocycles. The summed E-state index contributed by atoms with van der Waals surface area (Å²) in [6.07, 6.45) is 0. The van der Waals surface area contributed by atoms with E-state index in [-0.39, 0.29) is 0 Å². The summed E-state index contributed by atoms with van der Waals surface area (Å²) in [7, 11) is 0. The summed E-state index contributed by atoms with van der Waals surface area (Å²) in [5.74, 6) is 0. The van der Waals surface area contributed by atoms with E-state index >= 15 is 0 Å². The number of hydrogen-bond donors (Lipinski definition) is 1. The van der Waals surface area contributed by atoms with Crippen LogP contribution in [0.3, 0.4) is 0 Å². The molecule has 0 spiro atoms. The molecule has 0 saturated carbocycles. The van der Waals surface area contributed by atoms with Crippen LogP contribution < -0.4 is 0 Å². The fraction of sp³-hybridized carbons (Fsp3) is 0.130. The molecule has 2 heteroatoms. The van der Waals surface area contributed by atoms with E-state index in [1.165, 1.54) is 37.6 Å². The third-order valence-electron chi connectivity index (χ3n) is 4.41. The molecule has 4 aromatic rings. The highest BCUT2D eigenvalue weighted by Gasteiger charge is 2.16. The van der Waals surface area contributed by atoms with Crippen LogP contribution in [0.15, 0.2) is 82.6 Å². The van der Waals surface area contributed by atoms with Crippen LogP contribution in [0.2, 0.25) is 0 Å². The van der Waals surface area contributed by atoms with Crippen LogP contribution in [0.1, 0.15) is 13.8 Å². The molecule has 4 aromatic carbocycles. The monoisotopic (exact) mass is 360 g/mol. The van der Waals surface area contributed by atoms with Crippen LogP contribution in [0.25, 0.3) is 32.7 Å². The molecule has 0 unspecified atom stereocenters. The minimum Gasteiger partial charge on any atom is -0.143 e. The zero-order valence-corrected chi connectivity index (χ0v) is 16.1. The molecule has 0 radical (unpaired) electrons. The zero-order valence-electron chi connectivity index (χ0n) is 14.4. The van der Waals surface area contributed by atoms with Crippen molar-refractivity contribution in [3.63, 3.8) is 0 Å². The molecule has 0 aliphatic rings. The van der Waals surface area contributed by atoms with Crippen molar-refractivity contribution in [2.45, 2.75) is 28.9 Å². The van der Waals surface area contributed by atoms with Gasteiger partial charge in [-0.25, -0.2) is 0 Å². The summed E-state index contributed by atoms with van der Waals surface area (Å²) in [6.45, 7) is 4.49. The first-order chi connectivity index (χ1) is 12.1. The molecule has 0 N–H and O–H groups in total. The van der Waals surface area contributed by atoms with Gasteiger partial charge in [0.2, 0.25) is 0 Å². The molecule has 0 aliphatic heterocycles. The predicted molar refractivity (Wildman–Crippen MR) is 115 cm³/mol. The third-order valence-corrected chi connectivity index (χ3v) is 5.85. The molecule has 0 saturated heterocycles. The first kappa shape index (κ1) is 16.6. The van der Waals surface area contributed by atoms with Gasteiger partial charge in [-0.05, 0) is 33.7 Å². The molecular weight excluding hydrogens is 340 g/mol. The second kappa shape index (κ2) is 6.78. The molecule has 25 heavy (non-hydrogen) atoms. The Hall–Kier alpha value is -1.90. The standard InChI is InChI=1S/C23H20S2/c1-15(2)25-21-14-12-17-8-4-6-10-19(17)23(21)22-18-9-5-3-7-16(18)11-13-20(22)24/h3-15,24H,1-2H3. The highest BCUT2D eigenvalue weighted by molar-refractivity contribution is 8.00. The zero-order chi connectivity index (χ0) is 17.4. The Bertz CT molecular complexity index is 1060. The molecule has 124 valence electrons. The van der Waals surface area contributed by atoms with Gasteiger partial charge < -0.3 is 0 Å². The Balaban J connectivity index is 2.15. The second-order valence-corrected chi connectivity index (χ2v) is 8.61. The van der Waals surface area contributed by atoms with E-state index in [1.807, 2.05) is 11.8 Å². The summed E-state index contributed by atoms with van der Waals surface area (Å²) < 4.78 is 0. The average molecular weight is 361 g/mol. The fourth-order valence-electron chi connectivity index (χ4n) is 3.38. The summed E-state index contributed by atoms with van der Waals surface area (Å²) in [4.78, 5) is 2.35. The van der Waals surface area contributed by atoms with Gasteiger partial charge in [-0.3, -0.25) is 0 Å². The largest absolute Gasteiger partial charge is 0.143 e. The van der Waals surface area contributed by atoms with Gasteiger partial charge in [0.05, 0.1) is 0 Å². The predicted octanol–water partition coefficient (Wildman–Crippen LogP) is 7.45. The topological polar surface area (TPSA) is 0 Å². The van der Waals surface area contributed by atoms with Crippen molar-refractivity contribution in [3.8, 4) is 11.1 Å². The Morgan fingerprint density at radius 1 is 0.680 bits per heavy atom. The van der Waals surface area contributed by atoms with Crippen molar-refractivity contribution in [1.29, 1.82) is 0 Å². The number of rotatable bonds is 3. The number of hydrogen-bond acceptors (Lipinski definition) is 2. The van der Waals surface area contributed by atoms with E-state index in [9.17, 15) is 0 Å². The van der Waals surface area contributed by atoms with E-state index in [1.54, 1.807) is 0 Å². The SMILES string of the molecule is CC(C)Sc1ccc2ccccc2c1-c1c(S)ccc2ccccc12. The lowest BCUT2D eigenvalue weighted by atomic mass is 9.94. The highest BCUT2D eigenvalue weighted by atomic mass is 32.2. The number of thiol groups is 1. The van der Waals surface area contributed by atoms with Gasteiger partial charge in [0.1, 0.15) is 0 Å². The summed E-state index contributed by atoms with van der Waals surface area (Å²) in [5.41, 5.74) is 2.54. The van der Waals surface area contributed by atoms with Gasteiger partial charge in [-0.1, -0.05) is 74.5 Å². The van der Waals surface area contributed by atoms with Gasteiger partial charge in [-0.15, -0.1) is 24.4 Å². The van der Waals surface area contributed by atoms with Crippen LogP contribution in [-0.2, 0) is 0 Å². The maximum atomic E-state index is 4.84. The van der Waals surface area contributed by atoms with E-state index in [0.717, 1.165) is 4.90 Å². The van der Waals surface area contributed by atoms with Gasteiger partial charge in [-0.2, -0.15) is 0 Å². The summed E-state index contributed by atoms with van der Waals surface area (Å²) in [5, 5.41) is 5.60. The Kier molecular flexibility index (Phi) is 4.49. The van der Waals surface area contributed by atoms with Gasteiger partial charge in [0.25, 0.3) is 0 Å². The van der Waals surface area contributed by atoms with Crippen molar-refractivity contribution in [3.05, 3.63) is 72.8 Å². The van der Waals surface area contributed by atoms with E-state index in [4.69, 9.17) is 12.6 Å². The molecule has 0 fully saturated rings. The van der Waals surface area contributed by atoms with Crippen LogP contribution in [-0.4, -0.2) is 5.25 Å². The van der Waals surface area contributed by atoms with E-state index < -0.39 is 0 Å². The number of benzene rings is 4. The van der Waals surface area contributed by atoms with Gasteiger partial charge in [0.15, 0.2) is 0 Å². The lowest BCUT2D eigenvalue weighted by Gasteiger charge is -2.18. The van der Waals surface area contributed by atoms with Crippen LogP contribution in [0, 0.1) is 0 Å². The molecule has 0 amide bonds. The normalized spacial score (nSPS) is 11.5. The lowest BCUT2D eigenvalue weighted by molar-refractivity contribution is 1.11. The number of thioether (sulfide) groups is 1. The Labute approximate surface area is 158 Å². The van der Waals surface area contributed by atoms with Crippen LogP contribution in [0.4, 0.5) is 0 Å². The molecule has 0 nitrogen and oxygen atoms in total. The summed E-state index contributed by atoms with van der Waals surface area (Å²) >= 11 is 6.76. The van der Waals surface area contributed by atoms with E-state index in [2.05, 4.69) is 86.6 Å². The van der Waals surface area contributed by atoms with Crippen LogP contribution >= 0.6 is 24.4 Å². The van der Waals surface area contributed by atoms with Gasteiger partial charge >= 0.3 is 0 Å². The smallest absolute Gasteiger partial charge is 0.0160 e. The van der Waals surface area contributed by atoms with E-state index in [0.29, 0.717) is 5.25 Å². The lowest BCUT2D eigenvalue weighted by Crippen LogP contribution is -1.93. The quantitative estimate of drug-likeness (QED) is 0.292. The first-order valence-corrected chi connectivity index (χ1v) is 9.87. The Morgan fingerprint density at radius 3 is 1.88 bits per heavy atom. The summed E-state index contributed by atoms with van der Waals surface area (Å²) in [6, 6.07) is 26.0. The van der Waals surface area contributed by atoms with Crippen molar-refractivity contribution in [2.75, 3.05) is 0 Å². The first-order valence-electron chi connectivity index (χ1n) is 8.54. The molecule has 0 heterocycles. The average Bonchev–Trinajstić information content (AvgIpc) is 2.62. The van der Waals surface area contributed by atoms with Crippen molar-refractivity contribution >= 4 is 45.9 Å². The molecular formula is C23H20S2. The fourth-order valence-corrected chi connectivity index (χ4v) is 4.68. The number of fused-ring (bicyclic) bond motifs is 2. The third kappa shape index (κ3) is 3.05. The minimum atomic E-state index is 0.526. The molecule has 4 rings (SSSR count). The van der Waals surface area contributed by atoms with Crippen molar-refractivity contribution in [1.82, 2.24) is 0 Å². The molecule has 0 atom stereocenters. The minimum absolute atomic E-state index is 0.526.